The van der Waals surface area contributed by atoms with Crippen LogP contribution in [0.15, 0.2) is 0 Å². The Bertz CT molecular complexity index is 181. The smallest absolute Gasteiger partial charge is 0.329 e. The van der Waals surface area contributed by atoms with E-state index in [9.17, 15) is 4.57 Å². The second kappa shape index (κ2) is 4.69. The van der Waals surface area contributed by atoms with Crippen molar-refractivity contribution in [2.24, 2.45) is 0 Å². The van der Waals surface area contributed by atoms with E-state index in [0.717, 1.165) is 0 Å². The molecule has 0 aromatic carbocycles. The van der Waals surface area contributed by atoms with E-state index >= 15 is 0 Å². The van der Waals surface area contributed by atoms with E-state index < -0.39 is 7.82 Å². The molecule has 0 rings (SSSR count). The van der Waals surface area contributed by atoms with Gasteiger partial charge in [0.15, 0.2) is 0 Å². The van der Waals surface area contributed by atoms with Crippen LogP contribution in [-0.4, -0.2) is 43.7 Å². The Balaban J connectivity index is 3.65. The molecule has 0 spiro atoms. The van der Waals surface area contributed by atoms with Gasteiger partial charge in [-0.3, -0.25) is 4.52 Å². The second-order valence-electron chi connectivity index (χ2n) is 3.38. The fourth-order valence-corrected chi connectivity index (χ4v) is 1.05. The maximum absolute atomic E-state index is 10.7. The summed E-state index contributed by atoms with van der Waals surface area (Å²) in [5.74, 6) is 0. The van der Waals surface area contributed by atoms with Crippen LogP contribution < -0.4 is 0 Å². The highest BCUT2D eigenvalue weighted by molar-refractivity contribution is 9.06. The molecule has 0 radical (unpaired) electrons. The SMILES string of the molecule is C[N+](C)(C)CCOP(=O)(O)OBr. The van der Waals surface area contributed by atoms with Gasteiger partial charge in [0.2, 0.25) is 0 Å². The summed E-state index contributed by atoms with van der Waals surface area (Å²) in [6.45, 7) is 0.823. The van der Waals surface area contributed by atoms with Crippen LogP contribution >= 0.6 is 24.1 Å². The first-order valence-corrected chi connectivity index (χ1v) is 5.49. The predicted octanol–water partition coefficient (Wildman–Crippen LogP) is 1.14. The van der Waals surface area contributed by atoms with Crippen LogP contribution in [0.5, 0.6) is 0 Å². The van der Waals surface area contributed by atoms with Gasteiger partial charge in [-0.05, 0) is 0 Å². The lowest BCUT2D eigenvalue weighted by atomic mass is 10.5. The summed E-state index contributed by atoms with van der Waals surface area (Å²) in [5.41, 5.74) is 0. The van der Waals surface area contributed by atoms with E-state index in [1.165, 1.54) is 0 Å². The molecule has 1 N–H and O–H groups in total. The molecule has 0 aromatic rings. The summed E-state index contributed by atoms with van der Waals surface area (Å²) >= 11 is 2.41. The van der Waals surface area contributed by atoms with Crippen LogP contribution in [-0.2, 0) is 12.7 Å². The van der Waals surface area contributed by atoms with E-state index in [0.29, 0.717) is 11.0 Å². The van der Waals surface area contributed by atoms with Crippen molar-refractivity contribution in [1.82, 2.24) is 0 Å². The monoisotopic (exact) mass is 262 g/mol. The number of quaternary nitrogens is 1. The zero-order chi connectivity index (χ0) is 9.83. The molecule has 5 nitrogen and oxygen atoms in total. The lowest BCUT2D eigenvalue weighted by Crippen LogP contribution is -2.37. The molecule has 0 aliphatic heterocycles. The highest BCUT2D eigenvalue weighted by atomic mass is 79.9. The Hall–Kier alpha value is 0.550. The summed E-state index contributed by atoms with van der Waals surface area (Å²) in [6.07, 6.45) is 0. The molecule has 0 saturated carbocycles. The van der Waals surface area contributed by atoms with E-state index in [2.05, 4.69) is 24.4 Å². The van der Waals surface area contributed by atoms with Gasteiger partial charge in [0, 0.05) is 0 Å². The molecular formula is C5H14BrNO4P+. The number of rotatable bonds is 5. The van der Waals surface area contributed by atoms with Crippen LogP contribution in [0.4, 0.5) is 0 Å². The van der Waals surface area contributed by atoms with Crippen molar-refractivity contribution >= 4 is 24.1 Å². The molecule has 12 heavy (non-hydrogen) atoms. The van der Waals surface area contributed by atoms with Gasteiger partial charge < -0.3 is 9.38 Å². The largest absolute Gasteiger partial charge is 0.483 e. The third-order valence-corrected chi connectivity index (χ3v) is 2.88. The summed E-state index contributed by atoms with van der Waals surface area (Å²) in [6, 6.07) is 0. The van der Waals surface area contributed by atoms with Crippen molar-refractivity contribution in [3.05, 3.63) is 0 Å². The third-order valence-electron chi connectivity index (χ3n) is 1.10. The van der Waals surface area contributed by atoms with Crippen LogP contribution in [0, 0.1) is 0 Å². The molecule has 0 fully saturated rings. The molecule has 1 atom stereocenters. The fraction of sp³-hybridized carbons (Fsp3) is 1.00. The van der Waals surface area contributed by atoms with Crippen molar-refractivity contribution in [3.63, 3.8) is 0 Å². The van der Waals surface area contributed by atoms with Gasteiger partial charge in [-0.1, -0.05) is 0 Å². The highest BCUT2D eigenvalue weighted by Gasteiger charge is 2.21. The van der Waals surface area contributed by atoms with Gasteiger partial charge in [-0.25, -0.2) is 8.18 Å². The molecule has 0 aromatic heterocycles. The summed E-state index contributed by atoms with van der Waals surface area (Å²) in [4.78, 5) is 8.78. The number of hydrogen-bond donors (Lipinski definition) is 1. The van der Waals surface area contributed by atoms with Gasteiger partial charge in [-0.2, -0.15) is 0 Å². The van der Waals surface area contributed by atoms with Gasteiger partial charge >= 0.3 is 7.82 Å². The number of halogens is 1. The quantitative estimate of drug-likeness (QED) is 0.596. The molecule has 0 aliphatic rings. The zero-order valence-electron chi connectivity index (χ0n) is 7.36. The number of phosphoric acid groups is 1. The Morgan fingerprint density at radius 1 is 1.50 bits per heavy atom. The molecule has 0 amide bonds. The minimum Gasteiger partial charge on any atom is -0.329 e. The molecule has 7 heteroatoms. The Labute approximate surface area is 80.9 Å². The molecule has 0 aliphatic carbocycles. The van der Waals surface area contributed by atoms with Crippen molar-refractivity contribution < 1.29 is 22.1 Å². The lowest BCUT2D eigenvalue weighted by Gasteiger charge is -2.23. The Morgan fingerprint density at radius 2 is 2.00 bits per heavy atom. The maximum Gasteiger partial charge on any atom is 0.483 e. The first-order valence-electron chi connectivity index (χ1n) is 3.35. The van der Waals surface area contributed by atoms with Crippen molar-refractivity contribution in [2.75, 3.05) is 34.3 Å². The topological polar surface area (TPSA) is 55.8 Å². The summed E-state index contributed by atoms with van der Waals surface area (Å²) in [7, 11) is 2.02. The van der Waals surface area contributed by atoms with Crippen molar-refractivity contribution in [2.45, 2.75) is 0 Å². The van der Waals surface area contributed by atoms with E-state index in [1.807, 2.05) is 21.1 Å². The van der Waals surface area contributed by atoms with Crippen LogP contribution in [0.25, 0.3) is 0 Å². The Kier molecular flexibility index (Phi) is 4.91. The summed E-state index contributed by atoms with van der Waals surface area (Å²) < 4.78 is 20.0. The average molecular weight is 263 g/mol. The Morgan fingerprint density at radius 3 is 2.33 bits per heavy atom. The number of hydrogen-bond acceptors (Lipinski definition) is 3. The first-order chi connectivity index (χ1) is 5.27. The van der Waals surface area contributed by atoms with Gasteiger partial charge in [0.25, 0.3) is 0 Å². The fourth-order valence-electron chi connectivity index (χ4n) is 0.450. The maximum atomic E-state index is 10.7. The second-order valence-corrected chi connectivity index (χ2v) is 5.59. The van der Waals surface area contributed by atoms with Gasteiger partial charge in [-0.15, -0.1) is 0 Å². The minimum absolute atomic E-state index is 0.183. The van der Waals surface area contributed by atoms with Gasteiger partial charge in [0.05, 0.1) is 21.1 Å². The number of likely N-dealkylation sites (N-methyl/N-ethyl adjacent to an activating group) is 1. The highest BCUT2D eigenvalue weighted by Crippen LogP contribution is 2.45. The standard InChI is InChI=1S/C5H13BrNO4P/c1-7(2,3)4-5-10-12(8,9)11-6/h4-5H2,1-3H3/p+1. The molecule has 0 saturated heterocycles. The number of nitrogens with zero attached hydrogens (tertiary/aromatic N) is 1. The predicted molar refractivity (Wildman–Crippen MR) is 48.7 cm³/mol. The van der Waals surface area contributed by atoms with E-state index in [1.54, 1.807) is 0 Å². The molecule has 0 bridgehead atoms. The van der Waals surface area contributed by atoms with E-state index in [4.69, 9.17) is 4.89 Å². The normalized spacial score (nSPS) is 17.4. The molecular weight excluding hydrogens is 249 g/mol. The van der Waals surface area contributed by atoms with Crippen molar-refractivity contribution in [1.29, 1.82) is 0 Å². The van der Waals surface area contributed by atoms with E-state index in [-0.39, 0.29) is 6.61 Å². The van der Waals surface area contributed by atoms with Crippen LogP contribution in [0.3, 0.4) is 0 Å². The van der Waals surface area contributed by atoms with Crippen LogP contribution in [0.1, 0.15) is 0 Å². The lowest BCUT2D eigenvalue weighted by molar-refractivity contribution is -0.870. The van der Waals surface area contributed by atoms with Crippen LogP contribution in [0.2, 0.25) is 0 Å². The molecule has 1 unspecified atom stereocenters. The molecule has 0 heterocycles. The van der Waals surface area contributed by atoms with Gasteiger partial charge in [0.1, 0.15) is 29.4 Å². The zero-order valence-corrected chi connectivity index (χ0v) is 9.84. The molecule has 74 valence electrons. The third kappa shape index (κ3) is 7.21. The number of phosphoric ester groups is 1. The minimum atomic E-state index is -3.85. The van der Waals surface area contributed by atoms with Crippen molar-refractivity contribution in [3.8, 4) is 0 Å². The average Bonchev–Trinajstić information content (AvgIpc) is 1.84. The summed E-state index contributed by atoms with van der Waals surface area (Å²) in [5, 5.41) is 0. The first kappa shape index (κ1) is 12.6.